The van der Waals surface area contributed by atoms with Crippen molar-refractivity contribution in [3.05, 3.63) is 59.3 Å². The minimum atomic E-state index is 0. The monoisotopic (exact) mass is 274 g/mol. The van der Waals surface area contributed by atoms with Gasteiger partial charge in [-0.25, -0.2) is 6.07 Å². The van der Waals surface area contributed by atoms with Crippen molar-refractivity contribution < 1.29 is 27.3 Å². The Labute approximate surface area is 97.4 Å². The Hall–Kier alpha value is -0.158. The number of thiophene rings is 1. The van der Waals surface area contributed by atoms with Crippen molar-refractivity contribution in [1.82, 2.24) is 0 Å². The van der Waals surface area contributed by atoms with Crippen LogP contribution in [0.25, 0.3) is 0 Å². The van der Waals surface area contributed by atoms with E-state index in [2.05, 4.69) is 11.4 Å². The van der Waals surface area contributed by atoms with Crippen LogP contribution in [0.15, 0.2) is 47.8 Å². The summed E-state index contributed by atoms with van der Waals surface area (Å²) in [6.45, 7) is 0. The molecule has 12 heavy (non-hydrogen) atoms. The maximum Gasteiger partial charge on any atom is 2.00 e. The first-order chi connectivity index (χ1) is 5.50. The number of hydrogen-bond acceptors (Lipinski definition) is 1. The maximum absolute atomic E-state index is 2.90. The van der Waals surface area contributed by atoms with Gasteiger partial charge in [0.15, 0.2) is 0 Å². The molecule has 0 radical (unpaired) electrons. The third-order valence-corrected chi connectivity index (χ3v) is 1.55. The third-order valence-electron chi connectivity index (χ3n) is 0.986. The minimum absolute atomic E-state index is 0. The summed E-state index contributed by atoms with van der Waals surface area (Å²) in [6, 6.07) is 16.4. The molecule has 56 valence electrons. The van der Waals surface area contributed by atoms with E-state index < -0.39 is 0 Å². The predicted octanol–water partition coefficient (Wildman–Crippen LogP) is 3.03. The quantitative estimate of drug-likeness (QED) is 0.511. The second-order valence-corrected chi connectivity index (χ2v) is 2.55. The van der Waals surface area contributed by atoms with Gasteiger partial charge < -0.3 is 11.3 Å². The van der Waals surface area contributed by atoms with Crippen LogP contribution in [0.3, 0.4) is 0 Å². The molecule has 0 bridgehead atoms. The molecule has 2 rings (SSSR count). The molecule has 2 aromatic rings. The van der Waals surface area contributed by atoms with E-state index in [1.807, 2.05) is 47.8 Å². The Morgan fingerprint density at radius 2 is 1.58 bits per heavy atom. The molecule has 0 saturated carbocycles. The summed E-state index contributed by atoms with van der Waals surface area (Å²) < 4.78 is 0. The summed E-state index contributed by atoms with van der Waals surface area (Å²) in [7, 11) is 0. The summed E-state index contributed by atoms with van der Waals surface area (Å²) in [5.74, 6) is 0. The van der Waals surface area contributed by atoms with Gasteiger partial charge in [-0.1, -0.05) is 0 Å². The smallest absolute Gasteiger partial charge is 0.304 e. The zero-order valence-electron chi connectivity index (χ0n) is 6.73. The zero-order chi connectivity index (χ0) is 7.78. The summed E-state index contributed by atoms with van der Waals surface area (Å²) in [6.07, 6.45) is 0. The molecular formula is C10H8CdS. The van der Waals surface area contributed by atoms with Crippen molar-refractivity contribution >= 4 is 11.3 Å². The average Bonchev–Trinajstić information content (AvgIpc) is 2.64. The van der Waals surface area contributed by atoms with Crippen molar-refractivity contribution in [3.8, 4) is 0 Å². The van der Waals surface area contributed by atoms with Crippen LogP contribution in [-0.2, 0) is 27.3 Å². The van der Waals surface area contributed by atoms with Crippen LogP contribution in [0.4, 0.5) is 0 Å². The molecule has 0 amide bonds. The third kappa shape index (κ3) is 6.55. The summed E-state index contributed by atoms with van der Waals surface area (Å²) in [4.78, 5) is 0. The van der Waals surface area contributed by atoms with Crippen molar-refractivity contribution in [1.29, 1.82) is 0 Å². The normalized spacial score (nSPS) is 7.33. The first kappa shape index (κ1) is 11.8. The number of hydrogen-bond donors (Lipinski definition) is 0. The van der Waals surface area contributed by atoms with Crippen LogP contribution in [0, 0.1) is 11.4 Å². The largest absolute Gasteiger partial charge is 2.00 e. The van der Waals surface area contributed by atoms with Crippen molar-refractivity contribution in [2.75, 3.05) is 0 Å². The fraction of sp³-hybridized carbons (Fsp3) is 0. The molecular weight excluding hydrogens is 265 g/mol. The van der Waals surface area contributed by atoms with Gasteiger partial charge in [-0.2, -0.15) is 47.8 Å². The second kappa shape index (κ2) is 8.93. The molecule has 2 heteroatoms. The van der Waals surface area contributed by atoms with Gasteiger partial charge in [-0.15, -0.1) is 5.38 Å². The molecule has 0 nitrogen and oxygen atoms in total. The Bertz CT molecular complexity index is 196. The average molecular weight is 273 g/mol. The molecule has 1 heterocycles. The topological polar surface area (TPSA) is 0 Å². The molecule has 1 aromatic carbocycles. The second-order valence-electron chi connectivity index (χ2n) is 1.81. The van der Waals surface area contributed by atoms with Crippen LogP contribution < -0.4 is 0 Å². The fourth-order valence-electron chi connectivity index (χ4n) is 0.538. The van der Waals surface area contributed by atoms with E-state index in [9.17, 15) is 0 Å². The Morgan fingerprint density at radius 3 is 1.75 bits per heavy atom. The van der Waals surface area contributed by atoms with E-state index in [0.717, 1.165) is 0 Å². The van der Waals surface area contributed by atoms with Gasteiger partial charge in [-0.05, 0) is 0 Å². The van der Waals surface area contributed by atoms with E-state index in [4.69, 9.17) is 0 Å². The summed E-state index contributed by atoms with van der Waals surface area (Å²) in [5.41, 5.74) is 0. The first-order valence-corrected chi connectivity index (χ1v) is 4.19. The van der Waals surface area contributed by atoms with E-state index in [0.29, 0.717) is 0 Å². The van der Waals surface area contributed by atoms with Gasteiger partial charge in [0.05, 0.1) is 0 Å². The van der Waals surface area contributed by atoms with E-state index in [1.54, 1.807) is 11.3 Å². The molecule has 1 aromatic heterocycles. The van der Waals surface area contributed by atoms with Gasteiger partial charge in [-0.3, -0.25) is 0 Å². The summed E-state index contributed by atoms with van der Waals surface area (Å²) in [5, 5.41) is 4.89. The Morgan fingerprint density at radius 1 is 0.833 bits per heavy atom. The molecule has 0 N–H and O–H groups in total. The van der Waals surface area contributed by atoms with Crippen LogP contribution in [-0.4, -0.2) is 0 Å². The molecule has 0 spiro atoms. The van der Waals surface area contributed by atoms with Crippen LogP contribution in [0.2, 0.25) is 0 Å². The molecule has 0 saturated heterocycles. The van der Waals surface area contributed by atoms with Crippen molar-refractivity contribution in [2.24, 2.45) is 0 Å². The molecule has 0 aliphatic rings. The first-order valence-electron chi connectivity index (χ1n) is 3.31. The van der Waals surface area contributed by atoms with Crippen LogP contribution >= 0.6 is 11.3 Å². The van der Waals surface area contributed by atoms with Gasteiger partial charge >= 0.3 is 27.3 Å². The molecule has 0 aliphatic heterocycles. The van der Waals surface area contributed by atoms with E-state index in [1.165, 1.54) is 0 Å². The molecule has 0 fully saturated rings. The van der Waals surface area contributed by atoms with Gasteiger partial charge in [0.25, 0.3) is 0 Å². The fourth-order valence-corrected chi connectivity index (χ4v) is 0.931. The number of rotatable bonds is 0. The van der Waals surface area contributed by atoms with Gasteiger partial charge in [0.1, 0.15) is 0 Å². The zero-order valence-corrected chi connectivity index (χ0v) is 11.6. The SMILES string of the molecule is [Cd+2].[c-]1ccccc1.[c-]1cccs1. The van der Waals surface area contributed by atoms with Crippen molar-refractivity contribution in [3.63, 3.8) is 0 Å². The molecule has 0 atom stereocenters. The maximum atomic E-state index is 2.90. The van der Waals surface area contributed by atoms with Gasteiger partial charge in [0, 0.05) is 0 Å². The Kier molecular flexibility index (Phi) is 8.82. The van der Waals surface area contributed by atoms with Crippen LogP contribution in [0.5, 0.6) is 0 Å². The standard InChI is InChI=1S/C6H5.C4H3S.Cd/c1-2-4-6-5-3-1;1-2-4-5-3-1;/h1-5H;1-3H;/q2*-1;+2. The van der Waals surface area contributed by atoms with E-state index >= 15 is 0 Å². The predicted molar refractivity (Wildman–Crippen MR) is 48.4 cm³/mol. The molecule has 0 unspecified atom stereocenters. The molecule has 0 aliphatic carbocycles. The number of benzene rings is 1. The Balaban J connectivity index is 0.000000189. The minimum Gasteiger partial charge on any atom is -0.304 e. The summed E-state index contributed by atoms with van der Waals surface area (Å²) >= 11 is 1.59. The van der Waals surface area contributed by atoms with Crippen LogP contribution in [0.1, 0.15) is 0 Å². The van der Waals surface area contributed by atoms with E-state index in [-0.39, 0.29) is 27.3 Å². The van der Waals surface area contributed by atoms with Crippen molar-refractivity contribution in [2.45, 2.75) is 0 Å². The van der Waals surface area contributed by atoms with Gasteiger partial charge in [0.2, 0.25) is 0 Å².